The third kappa shape index (κ3) is 3.03. The minimum atomic E-state index is -1.33. The van der Waals surface area contributed by atoms with Crippen LogP contribution in [0, 0.1) is 0 Å². The molecule has 3 N–H and O–H groups in total. The topological polar surface area (TPSA) is 122 Å². The van der Waals surface area contributed by atoms with Crippen molar-refractivity contribution < 1.29 is 14.7 Å². The molecule has 0 saturated heterocycles. The van der Waals surface area contributed by atoms with Crippen molar-refractivity contribution in [2.24, 2.45) is 7.05 Å². The number of nitrogens with zero attached hydrogens (tertiary/aromatic N) is 4. The van der Waals surface area contributed by atoms with Crippen LogP contribution < -0.4 is 10.6 Å². The molecule has 2 heterocycles. The number of aryl methyl sites for hydroxylation is 1. The van der Waals surface area contributed by atoms with Gasteiger partial charge in [0.15, 0.2) is 17.3 Å². The van der Waals surface area contributed by atoms with Gasteiger partial charge in [-0.3, -0.25) is 14.8 Å². The zero-order valence-electron chi connectivity index (χ0n) is 9.86. The van der Waals surface area contributed by atoms with Crippen LogP contribution in [0.25, 0.3) is 0 Å². The molecule has 2 amide bonds. The van der Waals surface area contributed by atoms with Gasteiger partial charge >= 0.3 is 6.09 Å². The summed E-state index contributed by atoms with van der Waals surface area (Å²) in [4.78, 5) is 30.1. The van der Waals surface area contributed by atoms with E-state index in [1.165, 1.54) is 17.1 Å². The standard InChI is InChI=1S/C10H10N6O3/c1-16-5-2-6(15-16)13-9(17)7-8(14-10(18)19)12-4-3-11-7/h2-5H,1H3,(H,12,14)(H,18,19)(H,13,15,17). The van der Waals surface area contributed by atoms with E-state index in [4.69, 9.17) is 5.11 Å². The van der Waals surface area contributed by atoms with Crippen LogP contribution >= 0.6 is 0 Å². The normalized spacial score (nSPS) is 9.95. The molecule has 0 radical (unpaired) electrons. The molecule has 2 aromatic rings. The monoisotopic (exact) mass is 262 g/mol. The van der Waals surface area contributed by atoms with Gasteiger partial charge in [-0.25, -0.2) is 14.8 Å². The lowest BCUT2D eigenvalue weighted by molar-refractivity contribution is 0.102. The third-order valence-corrected chi connectivity index (χ3v) is 2.09. The number of carboxylic acid groups (broad SMARTS) is 1. The van der Waals surface area contributed by atoms with Crippen LogP contribution in [0.1, 0.15) is 10.5 Å². The van der Waals surface area contributed by atoms with Crippen LogP contribution in [-0.2, 0) is 7.05 Å². The highest BCUT2D eigenvalue weighted by Crippen LogP contribution is 2.11. The fourth-order valence-electron chi connectivity index (χ4n) is 1.35. The van der Waals surface area contributed by atoms with Gasteiger partial charge in [-0.2, -0.15) is 5.10 Å². The predicted octanol–water partition coefficient (Wildman–Crippen LogP) is 0.552. The van der Waals surface area contributed by atoms with Gasteiger partial charge in [0.25, 0.3) is 5.91 Å². The summed E-state index contributed by atoms with van der Waals surface area (Å²) in [5.41, 5.74) is -0.129. The zero-order valence-corrected chi connectivity index (χ0v) is 9.86. The van der Waals surface area contributed by atoms with E-state index in [1.54, 1.807) is 19.3 Å². The van der Waals surface area contributed by atoms with Crippen LogP contribution in [0.4, 0.5) is 16.4 Å². The van der Waals surface area contributed by atoms with Gasteiger partial charge in [0.2, 0.25) is 0 Å². The first kappa shape index (κ1) is 12.5. The van der Waals surface area contributed by atoms with Gasteiger partial charge in [-0.1, -0.05) is 0 Å². The van der Waals surface area contributed by atoms with Crippen LogP contribution in [0.15, 0.2) is 24.7 Å². The number of nitrogens with one attached hydrogen (secondary N) is 2. The van der Waals surface area contributed by atoms with Crippen LogP contribution in [-0.4, -0.2) is 36.9 Å². The Labute approximate surface area is 107 Å². The highest BCUT2D eigenvalue weighted by Gasteiger charge is 2.16. The van der Waals surface area contributed by atoms with Crippen molar-refractivity contribution in [3.8, 4) is 0 Å². The summed E-state index contributed by atoms with van der Waals surface area (Å²) >= 11 is 0. The maximum atomic E-state index is 11.9. The molecule has 0 aliphatic rings. The molecule has 98 valence electrons. The van der Waals surface area contributed by atoms with Gasteiger partial charge in [0, 0.05) is 31.7 Å². The summed E-state index contributed by atoms with van der Waals surface area (Å²) in [6.45, 7) is 0. The molecule has 0 saturated carbocycles. The zero-order chi connectivity index (χ0) is 13.8. The van der Waals surface area contributed by atoms with Crippen LogP contribution in [0.2, 0.25) is 0 Å². The van der Waals surface area contributed by atoms with Gasteiger partial charge in [-0.05, 0) is 0 Å². The second-order valence-corrected chi connectivity index (χ2v) is 3.51. The second kappa shape index (κ2) is 5.12. The molecule has 9 heteroatoms. The summed E-state index contributed by atoms with van der Waals surface area (Å²) in [5, 5.41) is 17.1. The lowest BCUT2D eigenvalue weighted by Gasteiger charge is -2.05. The van der Waals surface area contributed by atoms with Gasteiger partial charge < -0.3 is 10.4 Å². The molecular weight excluding hydrogens is 252 g/mol. The van der Waals surface area contributed by atoms with Gasteiger partial charge in [0.05, 0.1) is 0 Å². The average molecular weight is 262 g/mol. The van der Waals surface area contributed by atoms with Crippen molar-refractivity contribution in [3.63, 3.8) is 0 Å². The predicted molar refractivity (Wildman–Crippen MR) is 64.8 cm³/mol. The van der Waals surface area contributed by atoms with Crippen molar-refractivity contribution in [2.75, 3.05) is 10.6 Å². The summed E-state index contributed by atoms with van der Waals surface area (Å²) < 4.78 is 1.52. The van der Waals surface area contributed by atoms with Crippen molar-refractivity contribution in [1.29, 1.82) is 0 Å². The Balaban J connectivity index is 2.21. The molecule has 0 unspecified atom stereocenters. The third-order valence-electron chi connectivity index (χ3n) is 2.09. The molecule has 0 aliphatic heterocycles. The van der Waals surface area contributed by atoms with E-state index >= 15 is 0 Å². The fourth-order valence-corrected chi connectivity index (χ4v) is 1.35. The summed E-state index contributed by atoms with van der Waals surface area (Å²) in [6, 6.07) is 1.60. The van der Waals surface area contributed by atoms with Gasteiger partial charge in [0.1, 0.15) is 0 Å². The first-order valence-corrected chi connectivity index (χ1v) is 5.18. The molecule has 0 fully saturated rings. The minimum Gasteiger partial charge on any atom is -0.465 e. The highest BCUT2D eigenvalue weighted by molar-refractivity contribution is 6.06. The second-order valence-electron chi connectivity index (χ2n) is 3.51. The molecule has 0 aromatic carbocycles. The van der Waals surface area contributed by atoms with E-state index in [-0.39, 0.29) is 11.5 Å². The Kier molecular flexibility index (Phi) is 3.37. The van der Waals surface area contributed by atoms with Gasteiger partial charge in [-0.15, -0.1) is 0 Å². The molecule has 2 rings (SSSR count). The summed E-state index contributed by atoms with van der Waals surface area (Å²) in [5.74, 6) is -0.404. The number of hydrogen-bond donors (Lipinski definition) is 3. The van der Waals surface area contributed by atoms with Crippen molar-refractivity contribution >= 4 is 23.6 Å². The molecule has 0 spiro atoms. The number of amides is 2. The summed E-state index contributed by atoms with van der Waals surface area (Å²) in [7, 11) is 1.70. The van der Waals surface area contributed by atoms with E-state index in [2.05, 4.69) is 20.4 Å². The van der Waals surface area contributed by atoms with E-state index in [0.29, 0.717) is 5.82 Å². The first-order valence-electron chi connectivity index (χ1n) is 5.18. The number of aromatic nitrogens is 4. The molecular formula is C10H10N6O3. The fraction of sp³-hybridized carbons (Fsp3) is 0.100. The number of anilines is 2. The Hall–Kier alpha value is -2.97. The molecule has 0 aliphatic carbocycles. The maximum Gasteiger partial charge on any atom is 0.410 e. The van der Waals surface area contributed by atoms with Crippen LogP contribution in [0.5, 0.6) is 0 Å². The van der Waals surface area contributed by atoms with Crippen molar-refractivity contribution in [3.05, 3.63) is 30.4 Å². The minimum absolute atomic E-state index is 0.129. The quantitative estimate of drug-likeness (QED) is 0.742. The average Bonchev–Trinajstić information content (AvgIpc) is 2.74. The van der Waals surface area contributed by atoms with Crippen molar-refractivity contribution in [2.45, 2.75) is 0 Å². The molecule has 0 bridgehead atoms. The largest absolute Gasteiger partial charge is 0.465 e. The molecule has 0 atom stereocenters. The first-order chi connectivity index (χ1) is 9.06. The Morgan fingerprint density at radius 1 is 1.26 bits per heavy atom. The van der Waals surface area contributed by atoms with E-state index < -0.39 is 12.0 Å². The van der Waals surface area contributed by atoms with Crippen LogP contribution in [0.3, 0.4) is 0 Å². The Morgan fingerprint density at radius 2 is 2.00 bits per heavy atom. The van der Waals surface area contributed by atoms with E-state index in [9.17, 15) is 9.59 Å². The Bertz CT molecular complexity index is 623. The number of carbonyl (C=O) groups is 2. The number of rotatable bonds is 3. The molecule has 2 aromatic heterocycles. The van der Waals surface area contributed by atoms with E-state index in [1.807, 2.05) is 5.32 Å². The Morgan fingerprint density at radius 3 is 2.63 bits per heavy atom. The number of hydrogen-bond acceptors (Lipinski definition) is 5. The SMILES string of the molecule is Cn1ccc(NC(=O)c2nccnc2NC(=O)O)n1. The summed E-state index contributed by atoms with van der Waals surface area (Å²) in [6.07, 6.45) is 2.90. The molecule has 9 nitrogen and oxygen atoms in total. The smallest absolute Gasteiger partial charge is 0.410 e. The molecule has 19 heavy (non-hydrogen) atoms. The number of carbonyl (C=O) groups excluding carboxylic acids is 1. The maximum absolute atomic E-state index is 11.9. The lowest BCUT2D eigenvalue weighted by Crippen LogP contribution is -2.19. The van der Waals surface area contributed by atoms with E-state index in [0.717, 1.165) is 0 Å². The van der Waals surface area contributed by atoms with Crippen molar-refractivity contribution in [1.82, 2.24) is 19.7 Å². The lowest BCUT2D eigenvalue weighted by atomic mass is 10.3. The highest BCUT2D eigenvalue weighted by atomic mass is 16.4.